The van der Waals surface area contributed by atoms with Gasteiger partial charge in [-0.1, -0.05) is 12.1 Å². The van der Waals surface area contributed by atoms with Crippen molar-refractivity contribution in [1.82, 2.24) is 15.3 Å². The predicted molar refractivity (Wildman–Crippen MR) is 93.0 cm³/mol. The molecule has 5 nitrogen and oxygen atoms in total. The number of benzene rings is 1. The minimum Gasteiger partial charge on any atom is -0.504 e. The Balaban J connectivity index is 1.82. The van der Waals surface area contributed by atoms with Crippen LogP contribution in [0.5, 0.6) is 5.75 Å². The molecule has 0 bridgehead atoms. The number of aryl methyl sites for hydroxylation is 1. The van der Waals surface area contributed by atoms with Crippen LogP contribution in [-0.2, 0) is 13.0 Å². The molecular formula is C19H18FN3O2. The number of carbonyl (C=O) groups is 1. The molecule has 0 amide bonds. The number of fused-ring (bicyclic) bond motifs is 1. The number of carbonyl (C=O) groups excluding carboxylic acids is 1. The van der Waals surface area contributed by atoms with Crippen molar-refractivity contribution in [3.63, 3.8) is 0 Å². The van der Waals surface area contributed by atoms with Crippen LogP contribution < -0.4 is 5.32 Å². The van der Waals surface area contributed by atoms with Gasteiger partial charge in [-0.15, -0.1) is 0 Å². The van der Waals surface area contributed by atoms with Crippen molar-refractivity contribution >= 4 is 16.7 Å². The topological polar surface area (TPSA) is 75.1 Å². The van der Waals surface area contributed by atoms with Crippen LogP contribution in [-0.4, -0.2) is 27.9 Å². The largest absolute Gasteiger partial charge is 0.504 e. The van der Waals surface area contributed by atoms with Crippen LogP contribution in [0.25, 0.3) is 10.9 Å². The monoisotopic (exact) mass is 339 g/mol. The summed E-state index contributed by atoms with van der Waals surface area (Å²) in [5, 5.41) is 14.1. The van der Waals surface area contributed by atoms with E-state index in [9.17, 15) is 14.3 Å². The number of hydrogen-bond donors (Lipinski definition) is 2. The SMILES string of the molecule is CNCc1ccc2cnc(C(=O)CCc3ccc(F)cc3)c(O)c2n1. The molecule has 0 aliphatic carbocycles. The summed E-state index contributed by atoms with van der Waals surface area (Å²) in [6, 6.07) is 9.66. The number of Topliss-reactive ketones (excluding diaryl/α,β-unsaturated/α-hetero) is 1. The molecule has 128 valence electrons. The van der Waals surface area contributed by atoms with Gasteiger partial charge in [0.1, 0.15) is 17.0 Å². The number of hydrogen-bond acceptors (Lipinski definition) is 5. The fourth-order valence-corrected chi connectivity index (χ4v) is 2.62. The number of rotatable bonds is 6. The van der Waals surface area contributed by atoms with E-state index in [-0.39, 0.29) is 29.5 Å². The van der Waals surface area contributed by atoms with Crippen LogP contribution in [0.15, 0.2) is 42.6 Å². The molecule has 0 spiro atoms. The molecule has 0 aliphatic rings. The average Bonchev–Trinajstić information content (AvgIpc) is 2.62. The standard InChI is InChI=1S/C19H18FN3O2/c1-21-11-15-8-5-13-10-22-18(19(25)17(13)23-15)16(24)9-4-12-2-6-14(20)7-3-12/h2-3,5-8,10,21,25H,4,9,11H2,1H3. The summed E-state index contributed by atoms with van der Waals surface area (Å²) < 4.78 is 12.9. The first kappa shape index (κ1) is 17.0. The Labute approximate surface area is 144 Å². The third-order valence-electron chi connectivity index (χ3n) is 3.94. The molecule has 0 radical (unpaired) electrons. The van der Waals surface area contributed by atoms with Gasteiger partial charge < -0.3 is 10.4 Å². The molecular weight excluding hydrogens is 321 g/mol. The van der Waals surface area contributed by atoms with Gasteiger partial charge in [-0.2, -0.15) is 0 Å². The lowest BCUT2D eigenvalue weighted by atomic mass is 10.0. The van der Waals surface area contributed by atoms with Crippen molar-refractivity contribution in [1.29, 1.82) is 0 Å². The number of aromatic nitrogens is 2. The number of nitrogens with one attached hydrogen (secondary N) is 1. The molecule has 2 N–H and O–H groups in total. The highest BCUT2D eigenvalue weighted by atomic mass is 19.1. The second-order valence-corrected chi connectivity index (χ2v) is 5.78. The molecule has 0 saturated heterocycles. The number of ketones is 1. The zero-order chi connectivity index (χ0) is 17.8. The van der Waals surface area contributed by atoms with Gasteiger partial charge >= 0.3 is 0 Å². The number of pyridine rings is 2. The summed E-state index contributed by atoms with van der Waals surface area (Å²) in [7, 11) is 1.81. The molecule has 25 heavy (non-hydrogen) atoms. The first-order valence-electron chi connectivity index (χ1n) is 7.98. The Morgan fingerprint density at radius 3 is 2.68 bits per heavy atom. The van der Waals surface area contributed by atoms with E-state index in [1.165, 1.54) is 18.3 Å². The Morgan fingerprint density at radius 1 is 1.20 bits per heavy atom. The number of halogens is 1. The summed E-state index contributed by atoms with van der Waals surface area (Å²) in [5.41, 5.74) is 2.00. The number of nitrogens with zero attached hydrogens (tertiary/aromatic N) is 2. The smallest absolute Gasteiger partial charge is 0.185 e. The summed E-state index contributed by atoms with van der Waals surface area (Å²) in [5.74, 6) is -0.781. The van der Waals surface area contributed by atoms with Crippen LogP contribution >= 0.6 is 0 Å². The Hall–Kier alpha value is -2.86. The fraction of sp³-hybridized carbons (Fsp3) is 0.211. The fourth-order valence-electron chi connectivity index (χ4n) is 2.62. The lowest BCUT2D eigenvalue weighted by Gasteiger charge is -2.08. The quantitative estimate of drug-likeness (QED) is 0.675. The van der Waals surface area contributed by atoms with Crippen LogP contribution in [0.1, 0.15) is 28.2 Å². The summed E-state index contributed by atoms with van der Waals surface area (Å²) in [6.07, 6.45) is 2.16. The van der Waals surface area contributed by atoms with E-state index >= 15 is 0 Å². The molecule has 3 rings (SSSR count). The number of aromatic hydroxyl groups is 1. The zero-order valence-corrected chi connectivity index (χ0v) is 13.8. The molecule has 0 saturated carbocycles. The molecule has 2 heterocycles. The van der Waals surface area contributed by atoms with Gasteiger partial charge in [0.05, 0.1) is 5.69 Å². The summed E-state index contributed by atoms with van der Waals surface area (Å²) in [4.78, 5) is 20.9. The van der Waals surface area contributed by atoms with E-state index in [1.807, 2.05) is 19.2 Å². The van der Waals surface area contributed by atoms with Gasteiger partial charge in [-0.3, -0.25) is 4.79 Å². The summed E-state index contributed by atoms with van der Waals surface area (Å²) >= 11 is 0. The molecule has 3 aromatic rings. The van der Waals surface area contributed by atoms with E-state index in [4.69, 9.17) is 0 Å². The molecule has 0 aliphatic heterocycles. The molecule has 2 aromatic heterocycles. The van der Waals surface area contributed by atoms with E-state index in [1.54, 1.807) is 12.1 Å². The highest BCUT2D eigenvalue weighted by Gasteiger charge is 2.17. The zero-order valence-electron chi connectivity index (χ0n) is 13.8. The van der Waals surface area contributed by atoms with Crippen LogP contribution in [0.2, 0.25) is 0 Å². The minimum absolute atomic E-state index is 0.0173. The predicted octanol–water partition coefficient (Wildman–Crippen LogP) is 3.01. The lowest BCUT2D eigenvalue weighted by molar-refractivity contribution is 0.0975. The average molecular weight is 339 g/mol. The van der Waals surface area contributed by atoms with Crippen molar-refractivity contribution in [2.75, 3.05) is 7.05 Å². The Kier molecular flexibility index (Phi) is 5.00. The van der Waals surface area contributed by atoms with Gasteiger partial charge in [-0.05, 0) is 43.3 Å². The van der Waals surface area contributed by atoms with E-state index in [0.717, 1.165) is 11.3 Å². The maximum Gasteiger partial charge on any atom is 0.185 e. The summed E-state index contributed by atoms with van der Waals surface area (Å²) in [6.45, 7) is 0.561. The Morgan fingerprint density at radius 2 is 1.96 bits per heavy atom. The molecule has 0 unspecified atom stereocenters. The van der Waals surface area contributed by atoms with Crippen LogP contribution in [0.4, 0.5) is 4.39 Å². The van der Waals surface area contributed by atoms with E-state index in [2.05, 4.69) is 15.3 Å². The molecule has 0 fully saturated rings. The van der Waals surface area contributed by atoms with Gasteiger partial charge in [-0.25, -0.2) is 14.4 Å². The van der Waals surface area contributed by atoms with Crippen molar-refractivity contribution in [3.8, 4) is 5.75 Å². The van der Waals surface area contributed by atoms with Crippen molar-refractivity contribution in [2.45, 2.75) is 19.4 Å². The maximum atomic E-state index is 12.9. The second kappa shape index (κ2) is 7.36. The highest BCUT2D eigenvalue weighted by Crippen LogP contribution is 2.26. The molecule has 1 aromatic carbocycles. The molecule has 6 heteroatoms. The first-order chi connectivity index (χ1) is 12.1. The van der Waals surface area contributed by atoms with Gasteiger partial charge in [0, 0.05) is 24.5 Å². The highest BCUT2D eigenvalue weighted by molar-refractivity contribution is 6.01. The lowest BCUT2D eigenvalue weighted by Crippen LogP contribution is -2.08. The van der Waals surface area contributed by atoms with Crippen molar-refractivity contribution < 1.29 is 14.3 Å². The Bertz CT molecular complexity index is 910. The second-order valence-electron chi connectivity index (χ2n) is 5.78. The van der Waals surface area contributed by atoms with Gasteiger partial charge in [0.2, 0.25) is 0 Å². The first-order valence-corrected chi connectivity index (χ1v) is 7.98. The van der Waals surface area contributed by atoms with Crippen LogP contribution in [0.3, 0.4) is 0 Å². The van der Waals surface area contributed by atoms with Crippen molar-refractivity contribution in [2.24, 2.45) is 0 Å². The molecule has 0 atom stereocenters. The van der Waals surface area contributed by atoms with E-state index in [0.29, 0.717) is 23.9 Å². The minimum atomic E-state index is -0.313. The van der Waals surface area contributed by atoms with Crippen LogP contribution in [0, 0.1) is 5.82 Å². The van der Waals surface area contributed by atoms with Gasteiger partial charge in [0.25, 0.3) is 0 Å². The maximum absolute atomic E-state index is 12.9. The third kappa shape index (κ3) is 3.80. The third-order valence-corrected chi connectivity index (χ3v) is 3.94. The van der Waals surface area contributed by atoms with E-state index < -0.39 is 0 Å². The van der Waals surface area contributed by atoms with Gasteiger partial charge in [0.15, 0.2) is 11.5 Å². The normalized spacial score (nSPS) is 11.0. The van der Waals surface area contributed by atoms with Crippen molar-refractivity contribution in [3.05, 3.63) is 65.4 Å².